The van der Waals surface area contributed by atoms with Gasteiger partial charge in [-0.3, -0.25) is 9.59 Å². The molecule has 0 aromatic heterocycles. The monoisotopic (exact) mass is 404 g/mol. The van der Waals surface area contributed by atoms with Gasteiger partial charge in [0.15, 0.2) is 0 Å². The Morgan fingerprint density at radius 3 is 1.59 bits per heavy atom. The van der Waals surface area contributed by atoms with Gasteiger partial charge in [0, 0.05) is 22.0 Å². The number of hydrogen-bond acceptors (Lipinski definition) is 8. The maximum Gasteiger partial charge on any atom is 0.226 e. The van der Waals surface area contributed by atoms with Gasteiger partial charge in [0.05, 0.1) is 16.9 Å². The summed E-state index contributed by atoms with van der Waals surface area (Å²) in [5, 5.41) is 0. The van der Waals surface area contributed by atoms with Crippen LogP contribution in [-0.2, 0) is 9.59 Å². The lowest BCUT2D eigenvalue weighted by molar-refractivity contribution is -0.131. The fraction of sp³-hybridized carbons (Fsp3) is 0.286. The first-order valence-corrected chi connectivity index (χ1v) is 11.8. The highest BCUT2D eigenvalue weighted by Gasteiger charge is 2.33. The van der Waals surface area contributed by atoms with Gasteiger partial charge in [-0.2, -0.15) is 0 Å². The molecule has 0 bridgehead atoms. The molecule has 116 valence electrons. The fourth-order valence-corrected chi connectivity index (χ4v) is 10.3. The molecule has 2 heterocycles. The number of carbonyl (C=O) groups is 2. The van der Waals surface area contributed by atoms with Crippen molar-refractivity contribution in [3.05, 3.63) is 38.9 Å². The van der Waals surface area contributed by atoms with E-state index in [1.54, 1.807) is 23.5 Å². The van der Waals surface area contributed by atoms with Crippen LogP contribution in [0.15, 0.2) is 38.9 Å². The number of allylic oxidation sites excluding steroid dienone is 2. The Labute approximate surface area is 155 Å². The third kappa shape index (κ3) is 3.57. The molecule has 1 saturated heterocycles. The summed E-state index contributed by atoms with van der Waals surface area (Å²) in [5.41, 5.74) is 0. The predicted molar refractivity (Wildman–Crippen MR) is 107 cm³/mol. The number of thioether (sulfide) groups is 6. The average molecular weight is 405 g/mol. The molecule has 3 rings (SSSR count). The lowest BCUT2D eigenvalue weighted by Gasteiger charge is -2.01. The second kappa shape index (κ2) is 7.53. The third-order valence-corrected chi connectivity index (χ3v) is 11.0. The van der Waals surface area contributed by atoms with Crippen molar-refractivity contribution >= 4 is 82.1 Å². The molecular weight excluding hydrogens is 393 g/mol. The summed E-state index contributed by atoms with van der Waals surface area (Å²) >= 11 is 10.7. The molecule has 0 atom stereocenters. The molecule has 1 aliphatic carbocycles. The fourth-order valence-electron chi connectivity index (χ4n) is 1.78. The van der Waals surface area contributed by atoms with Crippen molar-refractivity contribution in [2.75, 3.05) is 11.5 Å². The molecule has 2 nitrogen and oxygen atoms in total. The first-order chi connectivity index (χ1) is 10.6. The molecule has 0 spiro atoms. The maximum absolute atomic E-state index is 11.5. The lowest BCUT2D eigenvalue weighted by atomic mass is 10.1. The Balaban J connectivity index is 1.83. The average Bonchev–Trinajstić information content (AvgIpc) is 3.05. The van der Waals surface area contributed by atoms with Gasteiger partial charge in [-0.1, -0.05) is 60.9 Å². The van der Waals surface area contributed by atoms with Gasteiger partial charge < -0.3 is 0 Å². The van der Waals surface area contributed by atoms with E-state index in [9.17, 15) is 9.59 Å². The van der Waals surface area contributed by atoms with Gasteiger partial charge >= 0.3 is 0 Å². The van der Waals surface area contributed by atoms with Crippen molar-refractivity contribution in [2.45, 2.75) is 13.8 Å². The highest BCUT2D eigenvalue weighted by molar-refractivity contribution is 8.42. The molecule has 0 aromatic carbocycles. The SMILES string of the molecule is CCSC1=C(SCC)SC(=C2SC3=CC(=O)C(=O)C=C3S2)S1. The first-order valence-electron chi connectivity index (χ1n) is 6.60. The van der Waals surface area contributed by atoms with Crippen LogP contribution in [-0.4, -0.2) is 23.1 Å². The van der Waals surface area contributed by atoms with Crippen molar-refractivity contribution in [1.82, 2.24) is 0 Å². The molecule has 0 saturated carbocycles. The number of carbonyl (C=O) groups excluding carboxylic acids is 2. The van der Waals surface area contributed by atoms with Crippen LogP contribution < -0.4 is 0 Å². The largest absolute Gasteiger partial charge is 0.286 e. The standard InChI is InChI=1S/C14H12O2S6/c1-3-17-11-12(18-4-2)22-14(21-11)13-19-9-5-7(15)8(16)6-10(9)20-13/h5-6H,3-4H2,1-2H3. The van der Waals surface area contributed by atoms with Crippen molar-refractivity contribution in [2.24, 2.45) is 0 Å². The van der Waals surface area contributed by atoms with Gasteiger partial charge in [0.1, 0.15) is 0 Å². The van der Waals surface area contributed by atoms with Crippen LogP contribution in [0, 0.1) is 0 Å². The van der Waals surface area contributed by atoms with Gasteiger partial charge in [0.2, 0.25) is 11.6 Å². The normalized spacial score (nSPS) is 21.5. The minimum Gasteiger partial charge on any atom is -0.286 e. The zero-order valence-electron chi connectivity index (χ0n) is 11.8. The van der Waals surface area contributed by atoms with Crippen LogP contribution >= 0.6 is 70.6 Å². The Bertz CT molecular complexity index is 617. The third-order valence-electron chi connectivity index (χ3n) is 2.67. The smallest absolute Gasteiger partial charge is 0.226 e. The maximum atomic E-state index is 11.5. The van der Waals surface area contributed by atoms with Gasteiger partial charge in [-0.05, 0) is 11.5 Å². The summed E-state index contributed by atoms with van der Waals surface area (Å²) in [6.07, 6.45) is 2.95. The summed E-state index contributed by atoms with van der Waals surface area (Å²) in [5.74, 6) is 1.32. The molecule has 0 radical (unpaired) electrons. The predicted octanol–water partition coefficient (Wildman–Crippen LogP) is 5.63. The minimum absolute atomic E-state index is 0.410. The van der Waals surface area contributed by atoms with Crippen LogP contribution in [0.25, 0.3) is 0 Å². The van der Waals surface area contributed by atoms with Gasteiger partial charge in [-0.15, -0.1) is 23.5 Å². The molecule has 0 unspecified atom stereocenters. The van der Waals surface area contributed by atoms with E-state index in [-0.39, 0.29) is 0 Å². The molecule has 0 aromatic rings. The second-order valence-corrected chi connectivity index (χ2v) is 11.9. The summed E-state index contributed by atoms with van der Waals surface area (Å²) < 4.78 is 5.23. The van der Waals surface area contributed by atoms with Crippen molar-refractivity contribution < 1.29 is 9.59 Å². The Morgan fingerprint density at radius 1 is 0.773 bits per heavy atom. The molecule has 1 fully saturated rings. The molecule has 0 amide bonds. The van der Waals surface area contributed by atoms with Gasteiger partial charge in [0.25, 0.3) is 0 Å². The zero-order valence-corrected chi connectivity index (χ0v) is 16.7. The second-order valence-electron chi connectivity index (χ2n) is 4.17. The first kappa shape index (κ1) is 17.2. The summed E-state index contributed by atoms with van der Waals surface area (Å²) in [7, 11) is 0. The molecular formula is C14H12O2S6. The van der Waals surface area contributed by atoms with Crippen molar-refractivity contribution in [3.63, 3.8) is 0 Å². The Kier molecular flexibility index (Phi) is 5.89. The van der Waals surface area contributed by atoms with E-state index in [4.69, 9.17) is 0 Å². The van der Waals surface area contributed by atoms with Crippen molar-refractivity contribution in [1.29, 1.82) is 0 Å². The van der Waals surface area contributed by atoms with Crippen LogP contribution in [0.5, 0.6) is 0 Å². The number of ketones is 2. The molecule has 8 heteroatoms. The Hall–Kier alpha value is 0.400. The number of fused-ring (bicyclic) bond motifs is 1. The van der Waals surface area contributed by atoms with E-state index in [0.29, 0.717) is 0 Å². The number of hydrogen-bond donors (Lipinski definition) is 0. The van der Waals surface area contributed by atoms with Gasteiger partial charge in [-0.25, -0.2) is 0 Å². The van der Waals surface area contributed by atoms with E-state index < -0.39 is 11.6 Å². The summed E-state index contributed by atoms with van der Waals surface area (Å²) in [6, 6.07) is 0. The van der Waals surface area contributed by atoms with E-state index in [2.05, 4.69) is 13.8 Å². The number of rotatable bonds is 4. The van der Waals surface area contributed by atoms with Crippen LogP contribution in [0.2, 0.25) is 0 Å². The summed E-state index contributed by atoms with van der Waals surface area (Å²) in [6.45, 7) is 4.34. The topological polar surface area (TPSA) is 34.1 Å². The summed E-state index contributed by atoms with van der Waals surface area (Å²) in [4.78, 5) is 24.8. The Morgan fingerprint density at radius 2 is 1.18 bits per heavy atom. The lowest BCUT2D eigenvalue weighted by Crippen LogP contribution is -2.11. The highest BCUT2D eigenvalue weighted by Crippen LogP contribution is 2.64. The van der Waals surface area contributed by atoms with Crippen LogP contribution in [0.1, 0.15) is 13.8 Å². The van der Waals surface area contributed by atoms with E-state index in [0.717, 1.165) is 21.3 Å². The van der Waals surface area contributed by atoms with Crippen LogP contribution in [0.4, 0.5) is 0 Å². The zero-order chi connectivity index (χ0) is 15.7. The quantitative estimate of drug-likeness (QED) is 0.441. The molecule has 22 heavy (non-hydrogen) atoms. The molecule has 0 N–H and O–H groups in total. The highest BCUT2D eigenvalue weighted by atomic mass is 32.3. The minimum atomic E-state index is -0.410. The van der Waals surface area contributed by atoms with Crippen molar-refractivity contribution in [3.8, 4) is 0 Å². The van der Waals surface area contributed by atoms with E-state index >= 15 is 0 Å². The van der Waals surface area contributed by atoms with E-state index in [1.165, 1.54) is 29.1 Å². The molecule has 3 aliphatic rings. The van der Waals surface area contributed by atoms with Crippen LogP contribution in [0.3, 0.4) is 0 Å². The molecule has 2 aliphatic heterocycles. The van der Waals surface area contributed by atoms with E-state index in [1.807, 2.05) is 47.0 Å².